The van der Waals surface area contributed by atoms with Gasteiger partial charge in [0.25, 0.3) is 0 Å². The molecule has 2 amide bonds. The van der Waals surface area contributed by atoms with Crippen molar-refractivity contribution in [2.24, 2.45) is 5.92 Å². The number of piperidine rings is 1. The van der Waals surface area contributed by atoms with Crippen LogP contribution in [0.15, 0.2) is 54.6 Å². The van der Waals surface area contributed by atoms with Crippen molar-refractivity contribution in [3.63, 3.8) is 0 Å². The van der Waals surface area contributed by atoms with E-state index in [1.54, 1.807) is 12.1 Å². The van der Waals surface area contributed by atoms with Gasteiger partial charge in [-0.1, -0.05) is 36.4 Å². The molecule has 1 aliphatic heterocycles. The highest BCUT2D eigenvalue weighted by molar-refractivity contribution is 5.98. The second kappa shape index (κ2) is 7.82. The van der Waals surface area contributed by atoms with E-state index in [9.17, 15) is 22.8 Å². The Morgan fingerprint density at radius 2 is 1.63 bits per heavy atom. The second-order valence-electron chi connectivity index (χ2n) is 6.50. The van der Waals surface area contributed by atoms with Gasteiger partial charge in [0, 0.05) is 30.3 Å². The van der Waals surface area contributed by atoms with Gasteiger partial charge in [-0.05, 0) is 31.0 Å². The van der Waals surface area contributed by atoms with Crippen LogP contribution in [0, 0.1) is 5.92 Å². The molecule has 1 heterocycles. The number of Topliss-reactive ketones (excluding diaryl/α,β-unsaturated/α-hetero) is 1. The van der Waals surface area contributed by atoms with Crippen LogP contribution >= 0.6 is 0 Å². The third kappa shape index (κ3) is 4.67. The van der Waals surface area contributed by atoms with Crippen molar-refractivity contribution in [1.29, 1.82) is 0 Å². The van der Waals surface area contributed by atoms with Crippen molar-refractivity contribution in [1.82, 2.24) is 4.90 Å². The van der Waals surface area contributed by atoms with Gasteiger partial charge in [0.15, 0.2) is 5.78 Å². The number of ketones is 1. The summed E-state index contributed by atoms with van der Waals surface area (Å²) in [7, 11) is 0. The molecule has 1 N–H and O–H groups in total. The van der Waals surface area contributed by atoms with Crippen LogP contribution in [0.25, 0.3) is 0 Å². The van der Waals surface area contributed by atoms with Crippen LogP contribution in [-0.4, -0.2) is 29.8 Å². The van der Waals surface area contributed by atoms with Gasteiger partial charge in [-0.15, -0.1) is 0 Å². The normalized spacial score (nSPS) is 15.4. The Hall–Kier alpha value is -2.83. The number of nitrogens with zero attached hydrogens (tertiary/aromatic N) is 1. The van der Waals surface area contributed by atoms with Crippen molar-refractivity contribution in [2.45, 2.75) is 19.0 Å². The van der Waals surface area contributed by atoms with Gasteiger partial charge < -0.3 is 10.2 Å². The first-order valence-electron chi connectivity index (χ1n) is 8.67. The minimum atomic E-state index is -4.46. The highest BCUT2D eigenvalue weighted by Crippen LogP contribution is 2.31. The molecule has 142 valence electrons. The summed E-state index contributed by atoms with van der Waals surface area (Å²) in [6, 6.07) is 13.1. The number of likely N-dealkylation sites (tertiary alicyclic amines) is 1. The van der Waals surface area contributed by atoms with Crippen molar-refractivity contribution in [3.05, 3.63) is 65.7 Å². The lowest BCUT2D eigenvalue weighted by atomic mass is 9.89. The molecule has 0 radical (unpaired) electrons. The van der Waals surface area contributed by atoms with Crippen LogP contribution < -0.4 is 5.32 Å². The smallest absolute Gasteiger partial charge is 0.324 e. The summed E-state index contributed by atoms with van der Waals surface area (Å²) < 4.78 is 38.3. The number of carbonyl (C=O) groups is 2. The average molecular weight is 376 g/mol. The van der Waals surface area contributed by atoms with E-state index in [0.29, 0.717) is 31.5 Å². The second-order valence-corrected chi connectivity index (χ2v) is 6.50. The highest BCUT2D eigenvalue weighted by atomic mass is 19.4. The number of urea groups is 1. The standard InChI is InChI=1S/C20H19F3N2O2/c21-20(22,23)16-7-4-8-17(13-16)24-19(27)25-11-9-15(10-12-25)18(26)14-5-2-1-3-6-14/h1-8,13,15H,9-12H2,(H,24,27). The predicted octanol–water partition coefficient (Wildman–Crippen LogP) is 4.83. The number of benzene rings is 2. The Labute approximate surface area is 155 Å². The SMILES string of the molecule is O=C(c1ccccc1)C1CCN(C(=O)Nc2cccc(C(F)(F)F)c2)CC1. The molecular formula is C20H19F3N2O2. The summed E-state index contributed by atoms with van der Waals surface area (Å²) in [5.41, 5.74) is -0.0610. The zero-order valence-electron chi connectivity index (χ0n) is 14.5. The van der Waals surface area contributed by atoms with Crippen molar-refractivity contribution >= 4 is 17.5 Å². The van der Waals surface area contributed by atoms with Crippen LogP contribution in [0.5, 0.6) is 0 Å². The third-order valence-electron chi connectivity index (χ3n) is 4.65. The number of anilines is 1. The Balaban J connectivity index is 1.57. The zero-order valence-corrected chi connectivity index (χ0v) is 14.5. The van der Waals surface area contributed by atoms with Crippen molar-refractivity contribution < 1.29 is 22.8 Å². The fourth-order valence-corrected chi connectivity index (χ4v) is 3.16. The van der Waals surface area contributed by atoms with Crippen LogP contribution in [-0.2, 0) is 6.18 Å². The molecule has 3 rings (SSSR count). The lowest BCUT2D eigenvalue weighted by molar-refractivity contribution is -0.137. The van der Waals surface area contributed by atoms with E-state index in [-0.39, 0.29) is 17.4 Å². The molecule has 0 bridgehead atoms. The molecular weight excluding hydrogens is 357 g/mol. The molecule has 0 aromatic heterocycles. The van der Waals surface area contributed by atoms with Gasteiger partial charge in [-0.2, -0.15) is 13.2 Å². The van der Waals surface area contributed by atoms with Gasteiger partial charge in [0.2, 0.25) is 0 Å². The van der Waals surface area contributed by atoms with Crippen LogP contribution in [0.2, 0.25) is 0 Å². The first-order valence-corrected chi connectivity index (χ1v) is 8.67. The molecule has 2 aromatic rings. The fraction of sp³-hybridized carbons (Fsp3) is 0.300. The zero-order chi connectivity index (χ0) is 19.4. The summed E-state index contributed by atoms with van der Waals surface area (Å²) in [6.45, 7) is 0.766. The maximum atomic E-state index is 12.8. The average Bonchev–Trinajstić information content (AvgIpc) is 2.68. The largest absolute Gasteiger partial charge is 0.416 e. The number of rotatable bonds is 3. The van der Waals surface area contributed by atoms with Gasteiger partial charge in [-0.25, -0.2) is 4.79 Å². The van der Waals surface area contributed by atoms with Gasteiger partial charge in [0.05, 0.1) is 5.56 Å². The number of halogens is 3. The summed E-state index contributed by atoms with van der Waals surface area (Å²) >= 11 is 0. The summed E-state index contributed by atoms with van der Waals surface area (Å²) in [4.78, 5) is 26.3. The fourth-order valence-electron chi connectivity index (χ4n) is 3.16. The van der Waals surface area contributed by atoms with Crippen molar-refractivity contribution in [3.8, 4) is 0 Å². The molecule has 27 heavy (non-hydrogen) atoms. The molecule has 7 heteroatoms. The van der Waals surface area contributed by atoms with E-state index in [1.165, 1.54) is 17.0 Å². The Morgan fingerprint density at radius 3 is 2.26 bits per heavy atom. The van der Waals surface area contributed by atoms with Gasteiger partial charge >= 0.3 is 12.2 Å². The van der Waals surface area contributed by atoms with Gasteiger partial charge in [-0.3, -0.25) is 4.79 Å². The molecule has 4 nitrogen and oxygen atoms in total. The lowest BCUT2D eigenvalue weighted by Crippen LogP contribution is -2.42. The summed E-state index contributed by atoms with van der Waals surface area (Å²) in [5.74, 6) is -0.0847. The lowest BCUT2D eigenvalue weighted by Gasteiger charge is -2.31. The molecule has 0 atom stereocenters. The number of nitrogens with one attached hydrogen (secondary N) is 1. The first kappa shape index (κ1) is 18.9. The molecule has 0 aliphatic carbocycles. The third-order valence-corrected chi connectivity index (χ3v) is 4.65. The molecule has 2 aromatic carbocycles. The topological polar surface area (TPSA) is 49.4 Å². The quantitative estimate of drug-likeness (QED) is 0.780. The predicted molar refractivity (Wildman–Crippen MR) is 95.5 cm³/mol. The van der Waals surface area contributed by atoms with E-state index in [0.717, 1.165) is 12.1 Å². The summed E-state index contributed by atoms with van der Waals surface area (Å²) in [5, 5.41) is 2.50. The number of alkyl halides is 3. The molecule has 0 unspecified atom stereocenters. The van der Waals surface area contributed by atoms with E-state index in [4.69, 9.17) is 0 Å². The Morgan fingerprint density at radius 1 is 0.963 bits per heavy atom. The summed E-state index contributed by atoms with van der Waals surface area (Å²) in [6.07, 6.45) is -3.40. The van der Waals surface area contributed by atoms with E-state index in [2.05, 4.69) is 5.32 Å². The van der Waals surface area contributed by atoms with Crippen LogP contribution in [0.4, 0.5) is 23.7 Å². The number of hydrogen-bond donors (Lipinski definition) is 1. The minimum Gasteiger partial charge on any atom is -0.324 e. The maximum Gasteiger partial charge on any atom is 0.416 e. The molecule has 0 saturated carbocycles. The molecule has 1 saturated heterocycles. The van der Waals surface area contributed by atoms with Crippen LogP contribution in [0.1, 0.15) is 28.8 Å². The highest BCUT2D eigenvalue weighted by Gasteiger charge is 2.31. The first-order chi connectivity index (χ1) is 12.8. The van der Waals surface area contributed by atoms with Gasteiger partial charge in [0.1, 0.15) is 0 Å². The Bertz CT molecular complexity index is 813. The van der Waals surface area contributed by atoms with Crippen LogP contribution in [0.3, 0.4) is 0 Å². The molecule has 1 aliphatic rings. The van der Waals surface area contributed by atoms with E-state index in [1.807, 2.05) is 18.2 Å². The number of carbonyl (C=O) groups excluding carboxylic acids is 2. The molecule has 0 spiro atoms. The monoisotopic (exact) mass is 376 g/mol. The number of amides is 2. The van der Waals surface area contributed by atoms with E-state index >= 15 is 0 Å². The number of hydrogen-bond acceptors (Lipinski definition) is 2. The maximum absolute atomic E-state index is 12.8. The van der Waals surface area contributed by atoms with Crippen molar-refractivity contribution in [2.75, 3.05) is 18.4 Å². The molecule has 1 fully saturated rings. The Kier molecular flexibility index (Phi) is 5.48. The minimum absolute atomic E-state index is 0.0635. The van der Waals surface area contributed by atoms with E-state index < -0.39 is 17.8 Å².